The van der Waals surface area contributed by atoms with Crippen LogP contribution in [-0.4, -0.2) is 17.3 Å². The van der Waals surface area contributed by atoms with Crippen LogP contribution in [0.5, 0.6) is 0 Å². The van der Waals surface area contributed by atoms with Gasteiger partial charge in [-0.3, -0.25) is 4.79 Å². The van der Waals surface area contributed by atoms with Crippen molar-refractivity contribution in [1.29, 1.82) is 0 Å². The van der Waals surface area contributed by atoms with Crippen LogP contribution in [0.25, 0.3) is 0 Å². The maximum Gasteiger partial charge on any atom is 0.261 e. The minimum atomic E-state index is 0.117. The number of hydrogen-bond donors (Lipinski definition) is 1. The van der Waals surface area contributed by atoms with E-state index in [0.717, 1.165) is 35.9 Å². The molecule has 1 atom stereocenters. The molecule has 1 heterocycles. The lowest BCUT2D eigenvalue weighted by Gasteiger charge is -2.14. The van der Waals surface area contributed by atoms with Crippen molar-refractivity contribution in [2.45, 2.75) is 57.9 Å². The highest BCUT2D eigenvalue weighted by Gasteiger charge is 2.18. The summed E-state index contributed by atoms with van der Waals surface area (Å²) in [7, 11) is 0. The molecule has 0 radical (unpaired) electrons. The van der Waals surface area contributed by atoms with Crippen LogP contribution in [0.4, 0.5) is 0 Å². The Labute approximate surface area is 128 Å². The smallest absolute Gasteiger partial charge is 0.261 e. The Hall–Kier alpha value is -0.350. The maximum atomic E-state index is 12.3. The average molecular weight is 344 g/mol. The first-order valence-electron chi connectivity index (χ1n) is 7.23. The molecule has 1 unspecified atom stereocenters. The standard InChI is InChI=1S/C15H22BrNOS/c1-2-12(8-9-16)17-15(18)14-10-11-6-4-3-5-7-13(11)19-14/h10,12H,2-9H2,1H3,(H,17,18). The SMILES string of the molecule is CCC(CCBr)NC(=O)c1cc2c(s1)CCCCC2. The van der Waals surface area contributed by atoms with Gasteiger partial charge in [-0.15, -0.1) is 11.3 Å². The number of halogens is 1. The number of carbonyl (C=O) groups excluding carboxylic acids is 1. The van der Waals surface area contributed by atoms with Gasteiger partial charge in [0.2, 0.25) is 0 Å². The van der Waals surface area contributed by atoms with E-state index in [2.05, 4.69) is 34.2 Å². The maximum absolute atomic E-state index is 12.3. The van der Waals surface area contributed by atoms with Crippen molar-refractivity contribution in [2.75, 3.05) is 5.33 Å². The molecule has 19 heavy (non-hydrogen) atoms. The van der Waals surface area contributed by atoms with Crippen molar-refractivity contribution in [3.63, 3.8) is 0 Å². The quantitative estimate of drug-likeness (QED) is 0.626. The van der Waals surface area contributed by atoms with Crippen molar-refractivity contribution >= 4 is 33.2 Å². The third kappa shape index (κ3) is 4.06. The summed E-state index contributed by atoms with van der Waals surface area (Å²) in [4.78, 5) is 14.6. The third-order valence-corrected chi connectivity index (χ3v) is 5.45. The van der Waals surface area contributed by atoms with E-state index in [0.29, 0.717) is 0 Å². The number of aryl methyl sites for hydroxylation is 2. The first-order valence-corrected chi connectivity index (χ1v) is 9.16. The highest BCUT2D eigenvalue weighted by Crippen LogP contribution is 2.29. The molecule has 0 bridgehead atoms. The highest BCUT2D eigenvalue weighted by molar-refractivity contribution is 9.09. The van der Waals surface area contributed by atoms with Gasteiger partial charge in [-0.25, -0.2) is 0 Å². The van der Waals surface area contributed by atoms with Gasteiger partial charge in [0, 0.05) is 16.2 Å². The second-order valence-corrected chi connectivity index (χ2v) is 7.11. The summed E-state index contributed by atoms with van der Waals surface area (Å²) in [6.07, 6.45) is 8.16. The Bertz CT molecular complexity index is 406. The Morgan fingerprint density at radius 1 is 1.42 bits per heavy atom. The molecule has 2 rings (SSSR count). The normalized spacial score (nSPS) is 16.5. The molecule has 1 aliphatic rings. The van der Waals surface area contributed by atoms with Crippen molar-refractivity contribution in [3.05, 3.63) is 21.4 Å². The first kappa shape index (κ1) is 15.0. The van der Waals surface area contributed by atoms with E-state index >= 15 is 0 Å². The summed E-state index contributed by atoms with van der Waals surface area (Å²) < 4.78 is 0. The Kier molecular flexibility index (Phi) is 5.89. The summed E-state index contributed by atoms with van der Waals surface area (Å²) in [5.41, 5.74) is 1.42. The summed E-state index contributed by atoms with van der Waals surface area (Å²) in [6.45, 7) is 2.12. The number of thiophene rings is 1. The number of amides is 1. The van der Waals surface area contributed by atoms with E-state index in [1.165, 1.54) is 29.7 Å². The number of rotatable bonds is 5. The zero-order valence-electron chi connectivity index (χ0n) is 11.5. The third-order valence-electron chi connectivity index (χ3n) is 3.76. The fourth-order valence-corrected chi connectivity index (χ4v) is 4.26. The van der Waals surface area contributed by atoms with Crippen molar-refractivity contribution in [2.24, 2.45) is 0 Å². The highest BCUT2D eigenvalue weighted by atomic mass is 79.9. The fourth-order valence-electron chi connectivity index (χ4n) is 2.55. The van der Waals surface area contributed by atoms with Gasteiger partial charge in [0.1, 0.15) is 0 Å². The number of carbonyl (C=O) groups is 1. The lowest BCUT2D eigenvalue weighted by Crippen LogP contribution is -2.34. The zero-order chi connectivity index (χ0) is 13.7. The first-order chi connectivity index (χ1) is 9.24. The molecule has 1 aromatic rings. The number of fused-ring (bicyclic) bond motifs is 1. The molecule has 2 nitrogen and oxygen atoms in total. The van der Waals surface area contributed by atoms with Crippen LogP contribution in [0.1, 0.15) is 59.1 Å². The van der Waals surface area contributed by atoms with Gasteiger partial charge in [-0.05, 0) is 50.2 Å². The van der Waals surface area contributed by atoms with E-state index in [1.54, 1.807) is 11.3 Å². The van der Waals surface area contributed by atoms with E-state index in [-0.39, 0.29) is 11.9 Å². The van der Waals surface area contributed by atoms with Gasteiger partial charge < -0.3 is 5.32 Å². The summed E-state index contributed by atoms with van der Waals surface area (Å²) in [6, 6.07) is 2.41. The van der Waals surface area contributed by atoms with E-state index in [1.807, 2.05) is 0 Å². The van der Waals surface area contributed by atoms with Crippen molar-refractivity contribution in [1.82, 2.24) is 5.32 Å². The van der Waals surface area contributed by atoms with E-state index < -0.39 is 0 Å². The lowest BCUT2D eigenvalue weighted by atomic mass is 10.1. The van der Waals surface area contributed by atoms with Crippen LogP contribution in [0.3, 0.4) is 0 Å². The van der Waals surface area contributed by atoms with Crippen LogP contribution in [-0.2, 0) is 12.8 Å². The molecule has 0 saturated carbocycles. The zero-order valence-corrected chi connectivity index (χ0v) is 13.9. The number of alkyl halides is 1. The van der Waals surface area contributed by atoms with Crippen LogP contribution in [0.15, 0.2) is 6.07 Å². The Morgan fingerprint density at radius 2 is 2.21 bits per heavy atom. The molecule has 0 aromatic carbocycles. The molecule has 0 spiro atoms. The average Bonchev–Trinajstić information content (AvgIpc) is 2.69. The van der Waals surface area contributed by atoms with E-state index in [9.17, 15) is 4.79 Å². The molecule has 4 heteroatoms. The predicted molar refractivity (Wildman–Crippen MR) is 85.5 cm³/mol. The molecule has 0 fully saturated rings. The predicted octanol–water partition coefficient (Wildman–Crippen LogP) is 4.31. The van der Waals surface area contributed by atoms with Crippen molar-refractivity contribution < 1.29 is 4.79 Å². The van der Waals surface area contributed by atoms with Gasteiger partial charge in [-0.1, -0.05) is 29.3 Å². The molecule has 1 aromatic heterocycles. The van der Waals surface area contributed by atoms with Crippen molar-refractivity contribution in [3.8, 4) is 0 Å². The monoisotopic (exact) mass is 343 g/mol. The number of nitrogens with one attached hydrogen (secondary N) is 1. The fraction of sp³-hybridized carbons (Fsp3) is 0.667. The van der Waals surface area contributed by atoms with Crippen LogP contribution < -0.4 is 5.32 Å². The van der Waals surface area contributed by atoms with Crippen LogP contribution in [0, 0.1) is 0 Å². The van der Waals surface area contributed by atoms with Gasteiger partial charge in [0.15, 0.2) is 0 Å². The van der Waals surface area contributed by atoms with Gasteiger partial charge >= 0.3 is 0 Å². The van der Waals surface area contributed by atoms with Gasteiger partial charge in [0.25, 0.3) is 5.91 Å². The number of hydrogen-bond acceptors (Lipinski definition) is 2. The van der Waals surface area contributed by atoms with Gasteiger partial charge in [0.05, 0.1) is 4.88 Å². The van der Waals surface area contributed by atoms with Crippen LogP contribution in [0.2, 0.25) is 0 Å². The molecule has 0 aliphatic heterocycles. The van der Waals surface area contributed by atoms with Crippen LogP contribution >= 0.6 is 27.3 Å². The topological polar surface area (TPSA) is 29.1 Å². The second kappa shape index (κ2) is 7.44. The molecule has 1 N–H and O–H groups in total. The largest absolute Gasteiger partial charge is 0.349 e. The Balaban J connectivity index is 2.03. The minimum Gasteiger partial charge on any atom is -0.349 e. The molecule has 1 aliphatic carbocycles. The molecule has 1 amide bonds. The summed E-state index contributed by atoms with van der Waals surface area (Å²) in [5.74, 6) is 0.117. The molecule has 0 saturated heterocycles. The Morgan fingerprint density at radius 3 is 2.95 bits per heavy atom. The molecular weight excluding hydrogens is 322 g/mol. The second-order valence-electron chi connectivity index (χ2n) is 5.18. The molecule has 106 valence electrons. The summed E-state index contributed by atoms with van der Waals surface area (Å²) >= 11 is 5.15. The lowest BCUT2D eigenvalue weighted by molar-refractivity contribution is 0.0939. The molecular formula is C15H22BrNOS. The van der Waals surface area contributed by atoms with Gasteiger partial charge in [-0.2, -0.15) is 0 Å². The van der Waals surface area contributed by atoms with E-state index in [4.69, 9.17) is 0 Å². The summed E-state index contributed by atoms with van der Waals surface area (Å²) in [5, 5.41) is 4.09. The minimum absolute atomic E-state index is 0.117.